The van der Waals surface area contributed by atoms with Crippen LogP contribution in [0.25, 0.3) is 0 Å². The first-order valence-corrected chi connectivity index (χ1v) is 6.01. The van der Waals surface area contributed by atoms with Gasteiger partial charge in [-0.3, -0.25) is 10.4 Å². The summed E-state index contributed by atoms with van der Waals surface area (Å²) in [6.07, 6.45) is 2.44. The van der Waals surface area contributed by atoms with Crippen molar-refractivity contribution in [3.05, 3.63) is 53.5 Å². The lowest BCUT2D eigenvalue weighted by Crippen LogP contribution is -2.15. The molecule has 3 N–H and O–H groups in total. The number of nitrogen functional groups attached to an aromatic ring is 1. The van der Waals surface area contributed by atoms with E-state index >= 15 is 0 Å². The van der Waals surface area contributed by atoms with Crippen LogP contribution in [0.1, 0.15) is 17.0 Å². The Kier molecular flexibility index (Phi) is 4.07. The Morgan fingerprint density at radius 1 is 1.32 bits per heavy atom. The van der Waals surface area contributed by atoms with Gasteiger partial charge in [0.2, 0.25) is 5.88 Å². The molecule has 0 spiro atoms. The highest BCUT2D eigenvalue weighted by molar-refractivity contribution is 5.97. The lowest BCUT2D eigenvalue weighted by Gasteiger charge is -2.10. The Bertz CT molecular complexity index is 569. The normalized spacial score (nSPS) is 10.2. The Balaban J connectivity index is 2.03. The van der Waals surface area contributed by atoms with Crippen molar-refractivity contribution in [1.82, 2.24) is 9.97 Å². The van der Waals surface area contributed by atoms with Crippen LogP contribution >= 0.6 is 0 Å². The van der Waals surface area contributed by atoms with Gasteiger partial charge in [-0.15, -0.1) is 0 Å². The molecule has 0 aliphatic carbocycles. The van der Waals surface area contributed by atoms with Gasteiger partial charge in [0, 0.05) is 24.0 Å². The molecule has 2 rings (SSSR count). The van der Waals surface area contributed by atoms with Crippen LogP contribution in [0, 0.1) is 12.3 Å². The number of amidine groups is 1. The number of hydrogen-bond acceptors (Lipinski definition) is 4. The van der Waals surface area contributed by atoms with Crippen LogP contribution in [0.15, 0.2) is 36.5 Å². The van der Waals surface area contributed by atoms with Crippen molar-refractivity contribution in [1.29, 1.82) is 5.41 Å². The van der Waals surface area contributed by atoms with Gasteiger partial charge in [0.25, 0.3) is 0 Å². The predicted octanol–water partition coefficient (Wildman–Crippen LogP) is 1.69. The van der Waals surface area contributed by atoms with Gasteiger partial charge in [-0.2, -0.15) is 0 Å². The summed E-state index contributed by atoms with van der Waals surface area (Å²) < 4.78 is 5.61. The van der Waals surface area contributed by atoms with E-state index in [1.54, 1.807) is 12.3 Å². The molecule has 0 amide bonds. The average molecular weight is 256 g/mol. The van der Waals surface area contributed by atoms with Gasteiger partial charge >= 0.3 is 0 Å². The van der Waals surface area contributed by atoms with Crippen LogP contribution in [-0.2, 0) is 6.42 Å². The molecule has 0 bridgehead atoms. The maximum absolute atomic E-state index is 7.49. The maximum Gasteiger partial charge on any atom is 0.224 e. The van der Waals surface area contributed by atoms with Crippen molar-refractivity contribution in [2.24, 2.45) is 5.73 Å². The van der Waals surface area contributed by atoms with Crippen molar-refractivity contribution >= 4 is 5.84 Å². The summed E-state index contributed by atoms with van der Waals surface area (Å²) in [6, 6.07) is 9.32. The minimum Gasteiger partial charge on any atom is -0.477 e. The second-order valence-electron chi connectivity index (χ2n) is 4.14. The fourth-order valence-electron chi connectivity index (χ4n) is 1.65. The first-order valence-electron chi connectivity index (χ1n) is 6.01. The smallest absolute Gasteiger partial charge is 0.224 e. The van der Waals surface area contributed by atoms with Crippen molar-refractivity contribution in [2.75, 3.05) is 6.61 Å². The Hall–Kier alpha value is -2.43. The molecule has 0 fully saturated rings. The van der Waals surface area contributed by atoms with E-state index in [1.807, 2.05) is 31.2 Å². The summed E-state index contributed by atoms with van der Waals surface area (Å²) >= 11 is 0. The quantitative estimate of drug-likeness (QED) is 0.629. The molecule has 5 nitrogen and oxygen atoms in total. The summed E-state index contributed by atoms with van der Waals surface area (Å²) in [5.74, 6) is 0.365. The van der Waals surface area contributed by atoms with Crippen LogP contribution in [0.5, 0.6) is 5.88 Å². The molecule has 19 heavy (non-hydrogen) atoms. The molecular weight excluding hydrogens is 240 g/mol. The third-order valence-corrected chi connectivity index (χ3v) is 2.61. The van der Waals surface area contributed by atoms with E-state index in [0.29, 0.717) is 24.5 Å². The molecule has 2 heterocycles. The lowest BCUT2D eigenvalue weighted by atomic mass is 10.2. The highest BCUT2D eigenvalue weighted by Crippen LogP contribution is 2.15. The number of nitrogens with two attached hydrogens (primary N) is 1. The van der Waals surface area contributed by atoms with Crippen LogP contribution in [0.4, 0.5) is 0 Å². The summed E-state index contributed by atoms with van der Waals surface area (Å²) in [4.78, 5) is 8.48. The predicted molar refractivity (Wildman–Crippen MR) is 73.4 cm³/mol. The molecule has 0 aliphatic heterocycles. The molecule has 98 valence electrons. The zero-order chi connectivity index (χ0) is 13.7. The van der Waals surface area contributed by atoms with Gasteiger partial charge in [0.15, 0.2) is 0 Å². The van der Waals surface area contributed by atoms with E-state index in [9.17, 15) is 0 Å². The second kappa shape index (κ2) is 5.95. The molecule has 0 saturated heterocycles. The van der Waals surface area contributed by atoms with Crippen LogP contribution in [-0.4, -0.2) is 22.4 Å². The number of nitrogens with one attached hydrogen (secondary N) is 1. The number of ether oxygens (including phenoxy) is 1. The highest BCUT2D eigenvalue weighted by Gasteiger charge is 2.08. The molecular formula is C14H16N4O. The number of aromatic nitrogens is 2. The van der Waals surface area contributed by atoms with Gasteiger partial charge in [-0.25, -0.2) is 4.98 Å². The Labute approximate surface area is 112 Å². The van der Waals surface area contributed by atoms with Gasteiger partial charge in [0.05, 0.1) is 12.2 Å². The molecule has 0 aromatic carbocycles. The molecule has 2 aromatic heterocycles. The third kappa shape index (κ3) is 3.51. The number of hydrogen-bond donors (Lipinski definition) is 2. The van der Waals surface area contributed by atoms with Crippen molar-refractivity contribution in [3.8, 4) is 5.88 Å². The number of pyridine rings is 2. The molecule has 0 unspecified atom stereocenters. The van der Waals surface area contributed by atoms with Gasteiger partial charge < -0.3 is 10.5 Å². The summed E-state index contributed by atoms with van der Waals surface area (Å²) in [5, 5.41) is 7.49. The maximum atomic E-state index is 7.49. The highest BCUT2D eigenvalue weighted by atomic mass is 16.5. The molecule has 2 aromatic rings. The Morgan fingerprint density at radius 3 is 2.84 bits per heavy atom. The van der Waals surface area contributed by atoms with Crippen molar-refractivity contribution in [2.45, 2.75) is 13.3 Å². The summed E-state index contributed by atoms with van der Waals surface area (Å²) in [5.41, 5.74) is 7.81. The standard InChI is InChI=1S/C14H16N4O/c1-10-5-6-12(13(15)16)14(18-10)19-9-7-11-4-2-3-8-17-11/h2-6,8H,7,9H2,1H3,(H3,15,16). The van der Waals surface area contributed by atoms with E-state index in [1.165, 1.54) is 0 Å². The van der Waals surface area contributed by atoms with Gasteiger partial charge in [-0.1, -0.05) is 6.07 Å². The van der Waals surface area contributed by atoms with E-state index in [2.05, 4.69) is 9.97 Å². The summed E-state index contributed by atoms with van der Waals surface area (Å²) in [6.45, 7) is 2.32. The fraction of sp³-hybridized carbons (Fsp3) is 0.214. The average Bonchev–Trinajstić information content (AvgIpc) is 2.39. The fourth-order valence-corrected chi connectivity index (χ4v) is 1.65. The number of nitrogens with zero attached hydrogens (tertiary/aromatic N) is 2. The van der Waals surface area contributed by atoms with Crippen LogP contribution < -0.4 is 10.5 Å². The zero-order valence-electron chi connectivity index (χ0n) is 10.8. The molecule has 0 atom stereocenters. The van der Waals surface area contributed by atoms with E-state index in [-0.39, 0.29) is 5.84 Å². The molecule has 5 heteroatoms. The summed E-state index contributed by atoms with van der Waals surface area (Å²) in [7, 11) is 0. The monoisotopic (exact) mass is 256 g/mol. The van der Waals surface area contributed by atoms with Gasteiger partial charge in [0.1, 0.15) is 5.84 Å². The first kappa shape index (κ1) is 13.0. The lowest BCUT2D eigenvalue weighted by molar-refractivity contribution is 0.307. The molecule has 0 saturated carbocycles. The first-order chi connectivity index (χ1) is 9.16. The van der Waals surface area contributed by atoms with E-state index < -0.39 is 0 Å². The van der Waals surface area contributed by atoms with E-state index in [0.717, 1.165) is 11.4 Å². The Morgan fingerprint density at radius 2 is 2.16 bits per heavy atom. The van der Waals surface area contributed by atoms with Crippen molar-refractivity contribution < 1.29 is 4.74 Å². The minimum atomic E-state index is -0.0414. The van der Waals surface area contributed by atoms with Gasteiger partial charge in [-0.05, 0) is 31.2 Å². The molecule has 0 aliphatic rings. The minimum absolute atomic E-state index is 0.0414. The topological polar surface area (TPSA) is 84.9 Å². The van der Waals surface area contributed by atoms with Crippen molar-refractivity contribution in [3.63, 3.8) is 0 Å². The number of aryl methyl sites for hydroxylation is 1. The SMILES string of the molecule is Cc1ccc(C(=N)N)c(OCCc2ccccn2)n1. The second-order valence-corrected chi connectivity index (χ2v) is 4.14. The number of rotatable bonds is 5. The van der Waals surface area contributed by atoms with E-state index in [4.69, 9.17) is 15.9 Å². The third-order valence-electron chi connectivity index (χ3n) is 2.61. The largest absolute Gasteiger partial charge is 0.477 e. The van der Waals surface area contributed by atoms with Crippen LogP contribution in [0.2, 0.25) is 0 Å². The zero-order valence-corrected chi connectivity index (χ0v) is 10.8. The molecule has 0 radical (unpaired) electrons. The van der Waals surface area contributed by atoms with Crippen LogP contribution in [0.3, 0.4) is 0 Å².